The number of phenolic OH excluding ortho intramolecular Hbond substituents is 1. The molecule has 1 aliphatic rings. The van der Waals surface area contributed by atoms with E-state index in [1.165, 1.54) is 37.3 Å². The molecule has 7 nitrogen and oxygen atoms in total. The Bertz CT molecular complexity index is 1190. The van der Waals surface area contributed by atoms with Gasteiger partial charge in [0.2, 0.25) is 11.7 Å². The van der Waals surface area contributed by atoms with Crippen LogP contribution in [0, 0.1) is 0 Å². The van der Waals surface area contributed by atoms with Gasteiger partial charge >= 0.3 is 6.18 Å². The molecule has 2 aromatic carbocycles. The molecule has 0 bridgehead atoms. The van der Waals surface area contributed by atoms with Gasteiger partial charge in [0.05, 0.1) is 30.4 Å². The lowest BCUT2D eigenvalue weighted by Gasteiger charge is -2.15. The predicted octanol–water partition coefficient (Wildman–Crippen LogP) is 5.83. The van der Waals surface area contributed by atoms with E-state index in [0.29, 0.717) is 40.6 Å². The number of carbonyl (C=O) groups excluding carboxylic acids is 2. The van der Waals surface area contributed by atoms with Gasteiger partial charge in [-0.15, -0.1) is 0 Å². The Balaban J connectivity index is 1.51. The molecule has 1 heterocycles. The third kappa shape index (κ3) is 7.16. The minimum absolute atomic E-state index is 0.0506. The number of thiocarbonyl (C=S) groups is 1. The van der Waals surface area contributed by atoms with Crippen LogP contribution in [0.2, 0.25) is 0 Å². The number of thioether (sulfide) groups is 1. The first-order valence-electron chi connectivity index (χ1n) is 11.2. The van der Waals surface area contributed by atoms with Gasteiger partial charge in [0.15, 0.2) is 11.5 Å². The molecule has 1 fully saturated rings. The Morgan fingerprint density at radius 2 is 1.78 bits per heavy atom. The quantitative estimate of drug-likeness (QED) is 0.217. The summed E-state index contributed by atoms with van der Waals surface area (Å²) in [5.74, 6) is -0.514. The number of ether oxygens (including phenoxy) is 2. The van der Waals surface area contributed by atoms with Crippen molar-refractivity contribution in [3.63, 3.8) is 0 Å². The summed E-state index contributed by atoms with van der Waals surface area (Å²) in [5.41, 5.74) is -0.576. The molecule has 0 unspecified atom stereocenters. The standard InChI is InChI=1S/C25H25F3N2O5S2/c1-34-18-12-15(13-19(35-2)22(18)32)14-20-23(33)30(24(36)37-20)11-7-3-4-10-21(31)29-17-9-6-5-8-16(17)25(26,27)28/h5-6,8-9,12-14,32H,3-4,7,10-11H2,1-2H3,(H,29,31)/b20-14-. The molecular weight excluding hydrogens is 529 g/mol. The lowest BCUT2D eigenvalue weighted by molar-refractivity contribution is -0.137. The summed E-state index contributed by atoms with van der Waals surface area (Å²) in [6.07, 6.45) is -1.29. The Hall–Kier alpha value is -3.25. The zero-order valence-corrected chi connectivity index (χ0v) is 21.7. The fourth-order valence-electron chi connectivity index (χ4n) is 3.63. The van der Waals surface area contributed by atoms with E-state index in [1.54, 1.807) is 18.2 Å². The van der Waals surface area contributed by atoms with Crippen LogP contribution in [0.4, 0.5) is 18.9 Å². The van der Waals surface area contributed by atoms with Gasteiger partial charge in [-0.25, -0.2) is 0 Å². The molecule has 3 rings (SSSR count). The summed E-state index contributed by atoms with van der Waals surface area (Å²) in [5, 5.41) is 12.4. The lowest BCUT2D eigenvalue weighted by atomic mass is 10.1. The summed E-state index contributed by atoms with van der Waals surface area (Å²) in [4.78, 5) is 26.9. The zero-order valence-electron chi connectivity index (χ0n) is 20.1. The fraction of sp³-hybridized carbons (Fsp3) is 0.320. The molecular formula is C25H25F3N2O5S2. The minimum Gasteiger partial charge on any atom is -0.502 e. The maximum Gasteiger partial charge on any atom is 0.418 e. The first-order valence-corrected chi connectivity index (χ1v) is 12.4. The maximum atomic E-state index is 13.1. The number of nitrogens with zero attached hydrogens (tertiary/aromatic N) is 1. The van der Waals surface area contributed by atoms with Crippen molar-refractivity contribution in [3.05, 3.63) is 52.4 Å². The van der Waals surface area contributed by atoms with E-state index in [4.69, 9.17) is 21.7 Å². The van der Waals surface area contributed by atoms with Gasteiger partial charge in [-0.2, -0.15) is 13.2 Å². The molecule has 0 spiro atoms. The second kappa shape index (κ2) is 12.3. The molecule has 2 N–H and O–H groups in total. The lowest BCUT2D eigenvalue weighted by Crippen LogP contribution is -2.29. The second-order valence-electron chi connectivity index (χ2n) is 8.01. The Labute approximate surface area is 221 Å². The smallest absolute Gasteiger partial charge is 0.418 e. The van der Waals surface area contributed by atoms with Crippen LogP contribution in [0.25, 0.3) is 6.08 Å². The van der Waals surface area contributed by atoms with Gasteiger partial charge in [0.1, 0.15) is 4.32 Å². The number of rotatable bonds is 10. The van der Waals surface area contributed by atoms with E-state index in [9.17, 15) is 27.9 Å². The number of halogens is 3. The number of methoxy groups -OCH3 is 2. The van der Waals surface area contributed by atoms with E-state index in [0.717, 1.165) is 17.8 Å². The van der Waals surface area contributed by atoms with E-state index in [2.05, 4.69) is 5.32 Å². The highest BCUT2D eigenvalue weighted by Crippen LogP contribution is 2.39. The van der Waals surface area contributed by atoms with E-state index >= 15 is 0 Å². The number of hydrogen-bond acceptors (Lipinski definition) is 7. The fourth-order valence-corrected chi connectivity index (χ4v) is 4.93. The molecule has 0 saturated carbocycles. The Morgan fingerprint density at radius 1 is 1.14 bits per heavy atom. The molecule has 198 valence electrons. The summed E-state index contributed by atoms with van der Waals surface area (Å²) in [6, 6.07) is 7.97. The molecule has 0 atom stereocenters. The number of phenols is 1. The highest BCUT2D eigenvalue weighted by Gasteiger charge is 2.34. The predicted molar refractivity (Wildman–Crippen MR) is 140 cm³/mol. The van der Waals surface area contributed by atoms with Crippen LogP contribution in [0.15, 0.2) is 41.3 Å². The first-order chi connectivity index (χ1) is 17.5. The van der Waals surface area contributed by atoms with Crippen LogP contribution >= 0.6 is 24.0 Å². The van der Waals surface area contributed by atoms with Crippen LogP contribution in [-0.2, 0) is 15.8 Å². The van der Waals surface area contributed by atoms with E-state index < -0.39 is 17.6 Å². The summed E-state index contributed by atoms with van der Waals surface area (Å²) < 4.78 is 49.9. The van der Waals surface area contributed by atoms with Crippen molar-refractivity contribution < 1.29 is 37.3 Å². The number of unbranched alkanes of at least 4 members (excludes halogenated alkanes) is 2. The third-order valence-corrected chi connectivity index (χ3v) is 6.84. The van der Waals surface area contributed by atoms with Gasteiger partial charge in [0, 0.05) is 13.0 Å². The molecule has 0 radical (unpaired) electrons. The number of carbonyl (C=O) groups is 2. The summed E-state index contributed by atoms with van der Waals surface area (Å²) in [7, 11) is 2.81. The number of aromatic hydroxyl groups is 1. The number of para-hydroxylation sites is 1. The van der Waals surface area contributed by atoms with Crippen molar-refractivity contribution in [2.24, 2.45) is 0 Å². The van der Waals surface area contributed by atoms with Crippen molar-refractivity contribution in [3.8, 4) is 17.2 Å². The minimum atomic E-state index is -4.56. The molecule has 2 amide bonds. The van der Waals surface area contributed by atoms with Crippen LogP contribution in [0.5, 0.6) is 17.2 Å². The van der Waals surface area contributed by atoms with Crippen LogP contribution in [-0.4, -0.2) is 46.9 Å². The number of anilines is 1. The monoisotopic (exact) mass is 554 g/mol. The Kier molecular flexibility index (Phi) is 9.44. The average molecular weight is 555 g/mol. The topological polar surface area (TPSA) is 88.1 Å². The maximum absolute atomic E-state index is 13.1. The number of alkyl halides is 3. The van der Waals surface area contributed by atoms with Crippen LogP contribution in [0.3, 0.4) is 0 Å². The van der Waals surface area contributed by atoms with Crippen molar-refractivity contribution >= 4 is 51.9 Å². The molecule has 2 aromatic rings. The van der Waals surface area contributed by atoms with Crippen molar-refractivity contribution in [2.75, 3.05) is 26.1 Å². The van der Waals surface area contributed by atoms with Crippen LogP contribution < -0.4 is 14.8 Å². The van der Waals surface area contributed by atoms with Gasteiger partial charge in [-0.1, -0.05) is 42.5 Å². The average Bonchev–Trinajstić information content (AvgIpc) is 3.11. The summed E-state index contributed by atoms with van der Waals surface area (Å²) in [6.45, 7) is 0.350. The highest BCUT2D eigenvalue weighted by molar-refractivity contribution is 8.26. The van der Waals surface area contributed by atoms with Gasteiger partial charge < -0.3 is 19.9 Å². The number of nitrogens with one attached hydrogen (secondary N) is 1. The Morgan fingerprint density at radius 3 is 2.41 bits per heavy atom. The van der Waals surface area contributed by atoms with Crippen LogP contribution in [0.1, 0.15) is 36.8 Å². The first kappa shape index (κ1) is 28.3. The molecule has 1 saturated heterocycles. The van der Waals surface area contributed by atoms with E-state index in [-0.39, 0.29) is 35.3 Å². The largest absolute Gasteiger partial charge is 0.502 e. The SMILES string of the molecule is COc1cc(/C=C2\SC(=S)N(CCCCCC(=O)Nc3ccccc3C(F)(F)F)C2=O)cc(OC)c1O. The van der Waals surface area contributed by atoms with Gasteiger partial charge in [0.25, 0.3) is 5.91 Å². The van der Waals surface area contributed by atoms with Gasteiger partial charge in [-0.3, -0.25) is 14.5 Å². The molecule has 0 aromatic heterocycles. The van der Waals surface area contributed by atoms with Gasteiger partial charge in [-0.05, 0) is 48.7 Å². The zero-order chi connectivity index (χ0) is 27.2. The molecule has 1 aliphatic heterocycles. The summed E-state index contributed by atoms with van der Waals surface area (Å²) >= 11 is 6.50. The van der Waals surface area contributed by atoms with Crippen molar-refractivity contribution in [1.82, 2.24) is 4.90 Å². The highest BCUT2D eigenvalue weighted by atomic mass is 32.2. The second-order valence-corrected chi connectivity index (χ2v) is 9.69. The van der Waals surface area contributed by atoms with E-state index in [1.807, 2.05) is 0 Å². The number of benzene rings is 2. The number of hydrogen-bond donors (Lipinski definition) is 2. The van der Waals surface area contributed by atoms with Crippen molar-refractivity contribution in [1.29, 1.82) is 0 Å². The normalized spacial score (nSPS) is 14.8. The third-order valence-electron chi connectivity index (χ3n) is 5.47. The molecule has 12 heteroatoms. The number of amides is 2. The molecule has 37 heavy (non-hydrogen) atoms. The molecule has 0 aliphatic carbocycles. The van der Waals surface area contributed by atoms with Crippen molar-refractivity contribution in [2.45, 2.75) is 31.9 Å².